The van der Waals surface area contributed by atoms with E-state index in [0.29, 0.717) is 5.69 Å². The predicted molar refractivity (Wildman–Crippen MR) is 88.1 cm³/mol. The number of para-hydroxylation sites is 1. The van der Waals surface area contributed by atoms with Crippen LogP contribution in [0.25, 0.3) is 5.69 Å². The topological polar surface area (TPSA) is 102 Å². The van der Waals surface area contributed by atoms with Crippen molar-refractivity contribution in [2.24, 2.45) is 5.73 Å². The maximum atomic E-state index is 12.3. The van der Waals surface area contributed by atoms with Crippen molar-refractivity contribution in [2.45, 2.75) is 12.5 Å². The van der Waals surface area contributed by atoms with E-state index in [0.717, 1.165) is 19.5 Å². The summed E-state index contributed by atoms with van der Waals surface area (Å²) in [6.07, 6.45) is 0.883. The van der Waals surface area contributed by atoms with E-state index in [2.05, 4.69) is 15.7 Å². The summed E-state index contributed by atoms with van der Waals surface area (Å²) in [5.74, 6) is -0.927. The molecule has 2 heterocycles. The third-order valence-corrected chi connectivity index (χ3v) is 3.59. The molecule has 2 amide bonds. The molecule has 1 aliphatic rings. The van der Waals surface area contributed by atoms with Gasteiger partial charge in [0.15, 0.2) is 5.69 Å². The molecule has 122 valence electrons. The Balaban J connectivity index is 0.00000192. The van der Waals surface area contributed by atoms with Crippen LogP contribution in [0.4, 0.5) is 0 Å². The van der Waals surface area contributed by atoms with Gasteiger partial charge < -0.3 is 16.4 Å². The molecule has 1 aromatic carbocycles. The minimum absolute atomic E-state index is 0. The lowest BCUT2D eigenvalue weighted by molar-refractivity contribution is 0.0933. The third-order valence-electron chi connectivity index (χ3n) is 3.59. The van der Waals surface area contributed by atoms with E-state index in [1.807, 2.05) is 18.2 Å². The standard InChI is InChI=1S/C15H17N5O2.ClH/c16-14(21)13-8-12(15(22)18-10-6-7-17-9-10)19-20(13)11-4-2-1-3-5-11;/h1-5,8,10,17H,6-7,9H2,(H2,16,21)(H,18,22);1H. The zero-order valence-corrected chi connectivity index (χ0v) is 13.2. The average molecular weight is 336 g/mol. The molecule has 1 aromatic heterocycles. The predicted octanol–water partition coefficient (Wildman–Crippen LogP) is 0.485. The number of nitrogens with two attached hydrogens (primary N) is 1. The fraction of sp³-hybridized carbons (Fsp3) is 0.267. The molecule has 23 heavy (non-hydrogen) atoms. The van der Waals surface area contributed by atoms with Gasteiger partial charge in [-0.3, -0.25) is 9.59 Å². The van der Waals surface area contributed by atoms with Crippen molar-refractivity contribution in [1.29, 1.82) is 0 Å². The maximum absolute atomic E-state index is 12.3. The van der Waals surface area contributed by atoms with Gasteiger partial charge in [0.25, 0.3) is 11.8 Å². The SMILES string of the molecule is Cl.NC(=O)c1cc(C(=O)NC2CCNC2)nn1-c1ccccc1. The molecule has 1 aliphatic heterocycles. The normalized spacial score (nSPS) is 16.6. The van der Waals surface area contributed by atoms with Crippen LogP contribution in [-0.2, 0) is 0 Å². The van der Waals surface area contributed by atoms with E-state index in [9.17, 15) is 9.59 Å². The Hall–Kier alpha value is -2.38. The zero-order valence-electron chi connectivity index (χ0n) is 12.4. The summed E-state index contributed by atoms with van der Waals surface area (Å²) in [4.78, 5) is 23.8. The highest BCUT2D eigenvalue weighted by atomic mass is 35.5. The molecule has 8 heteroatoms. The van der Waals surface area contributed by atoms with E-state index in [4.69, 9.17) is 5.73 Å². The Morgan fingerprint density at radius 3 is 2.65 bits per heavy atom. The Morgan fingerprint density at radius 2 is 2.04 bits per heavy atom. The summed E-state index contributed by atoms with van der Waals surface area (Å²) in [5.41, 5.74) is 6.43. The van der Waals surface area contributed by atoms with Gasteiger partial charge in [0.1, 0.15) is 5.69 Å². The molecule has 1 saturated heterocycles. The first-order valence-corrected chi connectivity index (χ1v) is 7.12. The highest BCUT2D eigenvalue weighted by molar-refractivity contribution is 5.97. The highest BCUT2D eigenvalue weighted by Gasteiger charge is 2.22. The van der Waals surface area contributed by atoms with E-state index in [1.54, 1.807) is 12.1 Å². The van der Waals surface area contributed by atoms with Gasteiger partial charge in [-0.1, -0.05) is 18.2 Å². The molecule has 1 fully saturated rings. The van der Waals surface area contributed by atoms with Gasteiger partial charge in [-0.15, -0.1) is 12.4 Å². The minimum Gasteiger partial charge on any atom is -0.364 e. The first-order chi connectivity index (χ1) is 10.6. The second-order valence-electron chi connectivity index (χ2n) is 5.19. The number of hydrogen-bond acceptors (Lipinski definition) is 4. The van der Waals surface area contributed by atoms with Crippen molar-refractivity contribution in [2.75, 3.05) is 13.1 Å². The van der Waals surface area contributed by atoms with E-state index < -0.39 is 5.91 Å². The summed E-state index contributed by atoms with van der Waals surface area (Å²) in [6, 6.07) is 10.6. The average Bonchev–Trinajstić information content (AvgIpc) is 3.17. The molecule has 4 N–H and O–H groups in total. The second-order valence-corrected chi connectivity index (χ2v) is 5.19. The number of halogens is 1. The number of nitrogens with zero attached hydrogens (tertiary/aromatic N) is 2. The Kier molecular flexibility index (Phi) is 5.36. The van der Waals surface area contributed by atoms with Crippen LogP contribution in [0.1, 0.15) is 27.4 Å². The summed E-state index contributed by atoms with van der Waals surface area (Å²) in [6.45, 7) is 1.63. The van der Waals surface area contributed by atoms with Crippen LogP contribution in [0.3, 0.4) is 0 Å². The molecule has 0 radical (unpaired) electrons. The van der Waals surface area contributed by atoms with Gasteiger partial charge >= 0.3 is 0 Å². The quantitative estimate of drug-likeness (QED) is 0.756. The van der Waals surface area contributed by atoms with Crippen LogP contribution < -0.4 is 16.4 Å². The number of carbonyl (C=O) groups excluding carboxylic acids is 2. The second kappa shape index (κ2) is 7.26. The van der Waals surface area contributed by atoms with Gasteiger partial charge in [0, 0.05) is 18.7 Å². The van der Waals surface area contributed by atoms with E-state index in [-0.39, 0.29) is 35.7 Å². The lowest BCUT2D eigenvalue weighted by Gasteiger charge is -2.09. The first-order valence-electron chi connectivity index (χ1n) is 7.12. The van der Waals surface area contributed by atoms with Crippen molar-refractivity contribution >= 4 is 24.2 Å². The van der Waals surface area contributed by atoms with Crippen LogP contribution >= 0.6 is 12.4 Å². The monoisotopic (exact) mass is 335 g/mol. The number of primary amides is 1. The zero-order chi connectivity index (χ0) is 15.5. The van der Waals surface area contributed by atoms with Crippen LogP contribution in [0.5, 0.6) is 0 Å². The molecule has 2 aromatic rings. The maximum Gasteiger partial charge on any atom is 0.272 e. The van der Waals surface area contributed by atoms with Gasteiger partial charge in [-0.05, 0) is 25.1 Å². The van der Waals surface area contributed by atoms with Gasteiger partial charge in [0.05, 0.1) is 5.69 Å². The van der Waals surface area contributed by atoms with Crippen molar-refractivity contribution in [3.63, 3.8) is 0 Å². The van der Waals surface area contributed by atoms with Crippen molar-refractivity contribution < 1.29 is 9.59 Å². The smallest absolute Gasteiger partial charge is 0.272 e. The number of hydrogen-bond donors (Lipinski definition) is 3. The summed E-state index contributed by atoms with van der Waals surface area (Å²) >= 11 is 0. The molecule has 7 nitrogen and oxygen atoms in total. The largest absolute Gasteiger partial charge is 0.364 e. The first kappa shape index (κ1) is 17.0. The van der Waals surface area contributed by atoms with E-state index >= 15 is 0 Å². The molecular formula is C15H18ClN5O2. The van der Waals surface area contributed by atoms with E-state index in [1.165, 1.54) is 10.7 Å². The number of benzene rings is 1. The van der Waals surface area contributed by atoms with Crippen molar-refractivity contribution in [3.05, 3.63) is 47.8 Å². The van der Waals surface area contributed by atoms with Crippen LogP contribution in [0, 0.1) is 0 Å². The molecule has 0 spiro atoms. The summed E-state index contributed by atoms with van der Waals surface area (Å²) in [7, 11) is 0. The molecule has 3 rings (SSSR count). The molecule has 0 bridgehead atoms. The van der Waals surface area contributed by atoms with Crippen molar-refractivity contribution in [1.82, 2.24) is 20.4 Å². The molecule has 0 saturated carbocycles. The number of carbonyl (C=O) groups is 2. The molecule has 1 atom stereocenters. The number of nitrogens with one attached hydrogen (secondary N) is 2. The fourth-order valence-electron chi connectivity index (χ4n) is 2.47. The Bertz CT molecular complexity index is 695. The highest BCUT2D eigenvalue weighted by Crippen LogP contribution is 2.13. The summed E-state index contributed by atoms with van der Waals surface area (Å²) in [5, 5.41) is 10.3. The van der Waals surface area contributed by atoms with Gasteiger partial charge in [-0.25, -0.2) is 4.68 Å². The van der Waals surface area contributed by atoms with Crippen LogP contribution in [0.2, 0.25) is 0 Å². The van der Waals surface area contributed by atoms with Crippen molar-refractivity contribution in [3.8, 4) is 5.69 Å². The lowest BCUT2D eigenvalue weighted by Crippen LogP contribution is -2.36. The third kappa shape index (κ3) is 3.69. The Morgan fingerprint density at radius 1 is 1.30 bits per heavy atom. The van der Waals surface area contributed by atoms with Crippen LogP contribution in [0.15, 0.2) is 36.4 Å². The number of rotatable bonds is 4. The number of amides is 2. The molecular weight excluding hydrogens is 318 g/mol. The minimum atomic E-state index is -0.627. The summed E-state index contributed by atoms with van der Waals surface area (Å²) < 4.78 is 1.39. The molecule has 0 aliphatic carbocycles. The molecule has 1 unspecified atom stereocenters. The lowest BCUT2D eigenvalue weighted by atomic mass is 10.2. The van der Waals surface area contributed by atoms with Gasteiger partial charge in [0.2, 0.25) is 0 Å². The number of aromatic nitrogens is 2. The van der Waals surface area contributed by atoms with Crippen LogP contribution in [-0.4, -0.2) is 40.7 Å². The fourth-order valence-corrected chi connectivity index (χ4v) is 2.47. The van der Waals surface area contributed by atoms with Gasteiger partial charge in [-0.2, -0.15) is 5.10 Å². The Labute approximate surface area is 139 Å².